The molecule has 0 spiro atoms. The van der Waals surface area contributed by atoms with Crippen molar-refractivity contribution in [3.05, 3.63) is 59.2 Å². The van der Waals surface area contributed by atoms with E-state index in [4.69, 9.17) is 19.4 Å². The number of amides is 2. The fraction of sp³-hybridized carbons (Fsp3) is 0.588. The van der Waals surface area contributed by atoms with E-state index in [-0.39, 0.29) is 40.5 Å². The van der Waals surface area contributed by atoms with Crippen LogP contribution in [-0.4, -0.2) is 82.3 Å². The number of carbonyl (C=O) groups is 2. The maximum absolute atomic E-state index is 15.3. The van der Waals surface area contributed by atoms with Gasteiger partial charge in [-0.3, -0.25) is 9.59 Å². The van der Waals surface area contributed by atoms with Crippen LogP contribution in [-0.2, 0) is 9.31 Å². The van der Waals surface area contributed by atoms with Crippen LogP contribution in [0.15, 0.2) is 36.4 Å². The van der Waals surface area contributed by atoms with E-state index in [1.165, 1.54) is 18.2 Å². The molecule has 2 aromatic rings. The fourth-order valence-corrected chi connectivity index (χ4v) is 6.48. The summed E-state index contributed by atoms with van der Waals surface area (Å²) in [5.74, 6) is -1.96. The second kappa shape index (κ2) is 15.0. The van der Waals surface area contributed by atoms with Crippen molar-refractivity contribution in [2.45, 2.75) is 116 Å². The lowest BCUT2D eigenvalue weighted by atomic mass is 9.77. The zero-order valence-corrected chi connectivity index (χ0v) is 28.0. The molecule has 3 aliphatic rings. The molecule has 2 unspecified atom stereocenters. The Morgan fingerprint density at radius 3 is 1.72 bits per heavy atom. The summed E-state index contributed by atoms with van der Waals surface area (Å²) >= 11 is 0. The summed E-state index contributed by atoms with van der Waals surface area (Å²) < 4.78 is 41.4. The normalized spacial score (nSPS) is 22.3. The van der Waals surface area contributed by atoms with E-state index in [1.54, 1.807) is 23.1 Å². The highest BCUT2D eigenvalue weighted by molar-refractivity contribution is 6.62. The molecule has 2 atom stereocenters. The fourth-order valence-electron chi connectivity index (χ4n) is 6.48. The minimum Gasteiger partial charge on any atom is -0.423 e. The van der Waals surface area contributed by atoms with Crippen LogP contribution in [0.5, 0.6) is 0 Å². The largest absolute Gasteiger partial charge is 0.497 e. The van der Waals surface area contributed by atoms with Crippen LogP contribution in [0.3, 0.4) is 0 Å². The van der Waals surface area contributed by atoms with Crippen LogP contribution >= 0.6 is 0 Å². The van der Waals surface area contributed by atoms with Gasteiger partial charge in [0, 0.05) is 36.1 Å². The van der Waals surface area contributed by atoms with Gasteiger partial charge in [-0.15, -0.1) is 0 Å². The number of piperidine rings is 2. The SMILES string of the molecule is CCC1CCCCN1C(=O)c1cccc(B(O)O)c1F.CCC1CCCCN1C(=O)c1cccc(B2OC(C)(C)C(C)(C)O2)c1F. The Bertz CT molecular complexity index is 1380. The summed E-state index contributed by atoms with van der Waals surface area (Å²) in [7, 11) is -2.72. The first-order valence-corrected chi connectivity index (χ1v) is 16.6. The van der Waals surface area contributed by atoms with Crippen molar-refractivity contribution in [3.8, 4) is 0 Å². The Balaban J connectivity index is 0.000000216. The van der Waals surface area contributed by atoms with Gasteiger partial charge >= 0.3 is 14.2 Å². The molecule has 2 aromatic carbocycles. The van der Waals surface area contributed by atoms with Gasteiger partial charge in [-0.2, -0.15) is 0 Å². The number of halogens is 2. The van der Waals surface area contributed by atoms with Crippen LogP contribution in [0.25, 0.3) is 0 Å². The number of rotatable bonds is 6. The number of likely N-dealkylation sites (tertiary alicyclic amines) is 2. The highest BCUT2D eigenvalue weighted by Crippen LogP contribution is 2.37. The highest BCUT2D eigenvalue weighted by Gasteiger charge is 2.52. The summed E-state index contributed by atoms with van der Waals surface area (Å²) in [5.41, 5.74) is -1.05. The number of hydrogen-bond acceptors (Lipinski definition) is 6. The molecule has 0 aliphatic carbocycles. The number of hydrogen-bond donors (Lipinski definition) is 2. The Morgan fingerprint density at radius 2 is 1.26 bits per heavy atom. The lowest BCUT2D eigenvalue weighted by Gasteiger charge is -2.35. The molecule has 3 aliphatic heterocycles. The van der Waals surface area contributed by atoms with Gasteiger partial charge in [-0.05, 0) is 91.2 Å². The smallest absolute Gasteiger partial charge is 0.423 e. The molecule has 3 saturated heterocycles. The highest BCUT2D eigenvalue weighted by atomic mass is 19.1. The Morgan fingerprint density at radius 1 is 0.804 bits per heavy atom. The molecule has 3 fully saturated rings. The monoisotopic (exact) mass is 640 g/mol. The number of nitrogens with zero attached hydrogens (tertiary/aromatic N) is 2. The molecule has 0 saturated carbocycles. The lowest BCUT2D eigenvalue weighted by Crippen LogP contribution is -2.45. The van der Waals surface area contributed by atoms with E-state index in [1.807, 2.05) is 39.5 Å². The quantitative estimate of drug-likeness (QED) is 0.454. The molecule has 0 aromatic heterocycles. The molecule has 250 valence electrons. The first-order valence-electron chi connectivity index (χ1n) is 16.6. The summed E-state index contributed by atoms with van der Waals surface area (Å²) in [6, 6.07) is 9.37. The first kappa shape index (κ1) is 36.1. The Hall–Kier alpha value is -2.79. The van der Waals surface area contributed by atoms with Crippen LogP contribution in [0.1, 0.15) is 114 Å². The minimum absolute atomic E-state index is 0.0871. The van der Waals surface area contributed by atoms with Gasteiger partial charge in [0.25, 0.3) is 11.8 Å². The van der Waals surface area contributed by atoms with Crippen molar-refractivity contribution in [2.24, 2.45) is 0 Å². The van der Waals surface area contributed by atoms with Crippen molar-refractivity contribution in [1.82, 2.24) is 9.80 Å². The van der Waals surface area contributed by atoms with Crippen molar-refractivity contribution in [1.29, 1.82) is 0 Å². The molecular formula is C34H48B2F2N2O6. The van der Waals surface area contributed by atoms with Crippen LogP contribution < -0.4 is 10.9 Å². The zero-order chi connectivity index (χ0) is 33.8. The van der Waals surface area contributed by atoms with Gasteiger partial charge in [0.15, 0.2) is 0 Å². The standard InChI is InChI=1S/C20H29BFNO3.C14H19BFNO3/c1-6-14-10-7-8-13-23(14)18(24)15-11-9-12-16(17(15)22)21-25-19(2,3)20(4,5)26-21;1-2-10-6-3-4-9-17(10)14(18)11-7-5-8-12(13(11)16)15(19)20/h9,11-12,14H,6-8,10,13H2,1-5H3;5,7-8,10,19-20H,2-4,6,9H2,1H3. The molecule has 2 amide bonds. The van der Waals surface area contributed by atoms with E-state index in [2.05, 4.69) is 6.92 Å². The maximum atomic E-state index is 15.3. The summed E-state index contributed by atoms with van der Waals surface area (Å²) in [5, 5.41) is 18.2. The Kier molecular flexibility index (Phi) is 11.7. The van der Waals surface area contributed by atoms with Gasteiger partial charge in [-0.1, -0.05) is 38.1 Å². The van der Waals surface area contributed by atoms with E-state index in [0.29, 0.717) is 18.6 Å². The third-order valence-electron chi connectivity index (χ3n) is 10.0. The lowest BCUT2D eigenvalue weighted by molar-refractivity contribution is 0.00578. The average molecular weight is 640 g/mol. The van der Waals surface area contributed by atoms with E-state index >= 15 is 4.39 Å². The van der Waals surface area contributed by atoms with Gasteiger partial charge < -0.3 is 29.2 Å². The third-order valence-corrected chi connectivity index (χ3v) is 10.0. The predicted molar refractivity (Wildman–Crippen MR) is 176 cm³/mol. The first-order chi connectivity index (χ1) is 21.7. The topological polar surface area (TPSA) is 99.5 Å². The number of benzene rings is 2. The molecule has 5 rings (SSSR count). The molecule has 0 radical (unpaired) electrons. The third kappa shape index (κ3) is 7.51. The second-order valence-corrected chi connectivity index (χ2v) is 13.5. The average Bonchev–Trinajstić information content (AvgIpc) is 3.26. The number of carbonyl (C=O) groups excluding carboxylic acids is 2. The van der Waals surface area contributed by atoms with E-state index < -0.39 is 37.1 Å². The molecule has 2 N–H and O–H groups in total. The van der Waals surface area contributed by atoms with Crippen LogP contribution in [0.2, 0.25) is 0 Å². The maximum Gasteiger partial charge on any atom is 0.497 e. The molecule has 3 heterocycles. The van der Waals surface area contributed by atoms with Crippen molar-refractivity contribution < 1.29 is 37.7 Å². The second-order valence-electron chi connectivity index (χ2n) is 13.5. The summed E-state index contributed by atoms with van der Waals surface area (Å²) in [6.07, 6.45) is 7.76. The molecule has 46 heavy (non-hydrogen) atoms. The van der Waals surface area contributed by atoms with Gasteiger partial charge in [-0.25, -0.2) is 8.78 Å². The van der Waals surface area contributed by atoms with E-state index in [9.17, 15) is 14.0 Å². The summed E-state index contributed by atoms with van der Waals surface area (Å²) in [6.45, 7) is 13.1. The van der Waals surface area contributed by atoms with Gasteiger partial charge in [0.05, 0.1) is 22.3 Å². The minimum atomic E-state index is -1.91. The molecule has 12 heteroatoms. The molecular weight excluding hydrogens is 592 g/mol. The van der Waals surface area contributed by atoms with Crippen molar-refractivity contribution in [2.75, 3.05) is 13.1 Å². The summed E-state index contributed by atoms with van der Waals surface area (Å²) in [4.78, 5) is 29.0. The predicted octanol–water partition coefficient (Wildman–Crippen LogP) is 4.44. The van der Waals surface area contributed by atoms with Crippen molar-refractivity contribution in [3.63, 3.8) is 0 Å². The molecule has 8 nitrogen and oxygen atoms in total. The van der Waals surface area contributed by atoms with Crippen LogP contribution in [0.4, 0.5) is 8.78 Å². The van der Waals surface area contributed by atoms with E-state index in [0.717, 1.165) is 51.4 Å². The zero-order valence-electron chi connectivity index (χ0n) is 28.0. The van der Waals surface area contributed by atoms with Crippen LogP contribution in [0, 0.1) is 11.6 Å². The van der Waals surface area contributed by atoms with Gasteiger partial charge in [0.1, 0.15) is 11.6 Å². The Labute approximate surface area is 272 Å². The molecule has 0 bridgehead atoms. The van der Waals surface area contributed by atoms with Crippen molar-refractivity contribution >= 4 is 37.0 Å². The van der Waals surface area contributed by atoms with Gasteiger partial charge in [0.2, 0.25) is 0 Å².